The third-order valence-corrected chi connectivity index (χ3v) is 1.88. The number of nitrogens with zero attached hydrogens (tertiary/aromatic N) is 3. The van der Waals surface area contributed by atoms with Gasteiger partial charge in [-0.2, -0.15) is 0 Å². The lowest BCUT2D eigenvalue weighted by atomic mass is 10.2. The van der Waals surface area contributed by atoms with Gasteiger partial charge in [-0.1, -0.05) is 17.4 Å². The maximum Gasteiger partial charge on any atom is 0.271 e. The third-order valence-electron chi connectivity index (χ3n) is 1.78. The zero-order valence-corrected chi connectivity index (χ0v) is 10.9. The minimum Gasteiger partial charge on any atom is -0.375 e. The van der Waals surface area contributed by atoms with E-state index in [1.165, 1.54) is 5.01 Å². The summed E-state index contributed by atoms with van der Waals surface area (Å²) in [4.78, 5) is 11.8. The first-order chi connectivity index (χ1) is 8.50. The molecule has 0 aliphatic carbocycles. The molecular formula is C10H14N6OS. The summed E-state index contributed by atoms with van der Waals surface area (Å²) in [6.07, 6.45) is 0. The van der Waals surface area contributed by atoms with E-state index in [0.29, 0.717) is 11.3 Å². The average molecular weight is 266 g/mol. The molecule has 1 rings (SSSR count). The molecule has 1 aromatic carbocycles. The molecule has 0 saturated heterocycles. The Morgan fingerprint density at radius 2 is 2.00 bits per heavy atom. The van der Waals surface area contributed by atoms with E-state index in [9.17, 15) is 4.79 Å². The van der Waals surface area contributed by atoms with Crippen LogP contribution in [-0.2, 0) is 0 Å². The molecule has 96 valence electrons. The highest BCUT2D eigenvalue weighted by Gasteiger charge is 2.10. The van der Waals surface area contributed by atoms with Crippen molar-refractivity contribution in [3.05, 3.63) is 29.8 Å². The number of amides is 1. The van der Waals surface area contributed by atoms with Crippen LogP contribution in [0.2, 0.25) is 0 Å². The fraction of sp³-hybridized carbons (Fsp3) is 0.200. The summed E-state index contributed by atoms with van der Waals surface area (Å²) < 4.78 is 0. The Labute approximate surface area is 110 Å². The maximum absolute atomic E-state index is 11.8. The van der Waals surface area contributed by atoms with Crippen LogP contribution in [0.5, 0.6) is 0 Å². The number of thiocarbonyl (C=S) groups is 1. The number of hydrazine groups is 1. The normalized spacial score (nSPS) is 10.1. The van der Waals surface area contributed by atoms with Crippen LogP contribution >= 0.6 is 12.2 Å². The molecule has 0 bridgehead atoms. The minimum absolute atomic E-state index is 0.0178. The second-order valence-corrected chi connectivity index (χ2v) is 3.94. The molecule has 0 atom stereocenters. The lowest BCUT2D eigenvalue weighted by Gasteiger charge is -2.08. The second-order valence-electron chi connectivity index (χ2n) is 3.50. The fourth-order valence-electron chi connectivity index (χ4n) is 1.08. The zero-order chi connectivity index (χ0) is 13.5. The topological polar surface area (TPSA) is 95.1 Å². The van der Waals surface area contributed by atoms with E-state index in [4.69, 9.17) is 5.73 Å². The van der Waals surface area contributed by atoms with Gasteiger partial charge in [0.15, 0.2) is 5.11 Å². The van der Waals surface area contributed by atoms with Crippen molar-refractivity contribution in [1.29, 1.82) is 0 Å². The monoisotopic (exact) mass is 266 g/mol. The van der Waals surface area contributed by atoms with Crippen LogP contribution in [0, 0.1) is 0 Å². The summed E-state index contributed by atoms with van der Waals surface area (Å²) in [5, 5.41) is 9.30. The minimum atomic E-state index is -0.392. The van der Waals surface area contributed by atoms with Gasteiger partial charge in [-0.05, 0) is 24.4 Å². The van der Waals surface area contributed by atoms with Crippen LogP contribution < -0.4 is 16.6 Å². The van der Waals surface area contributed by atoms with Gasteiger partial charge in [0, 0.05) is 14.1 Å². The van der Waals surface area contributed by atoms with E-state index < -0.39 is 5.91 Å². The van der Waals surface area contributed by atoms with Crippen LogP contribution in [0.1, 0.15) is 10.4 Å². The molecular weight excluding hydrogens is 252 g/mol. The Balaban J connectivity index is 2.87. The highest BCUT2D eigenvalue weighted by molar-refractivity contribution is 7.80. The molecule has 7 nitrogen and oxygen atoms in total. The zero-order valence-electron chi connectivity index (χ0n) is 10.0. The van der Waals surface area contributed by atoms with Gasteiger partial charge < -0.3 is 5.73 Å². The first kappa shape index (κ1) is 13.8. The highest BCUT2D eigenvalue weighted by atomic mass is 32.1. The SMILES string of the molecule is CN(C)N=Nc1ccccc1C(=O)NNC(N)=S. The quantitative estimate of drug-likeness (QED) is 0.426. The number of benzene rings is 1. The number of hydrogen-bond donors (Lipinski definition) is 3. The number of nitrogens with two attached hydrogens (primary N) is 1. The molecule has 0 saturated carbocycles. The van der Waals surface area contributed by atoms with Gasteiger partial charge in [-0.3, -0.25) is 20.7 Å². The predicted molar refractivity (Wildman–Crippen MR) is 72.0 cm³/mol. The molecule has 0 fully saturated rings. The summed E-state index contributed by atoms with van der Waals surface area (Å²) in [5.41, 5.74) is 10.8. The van der Waals surface area contributed by atoms with Crippen LogP contribution in [-0.4, -0.2) is 30.1 Å². The lowest BCUT2D eigenvalue weighted by molar-refractivity contribution is 0.0944. The van der Waals surface area contributed by atoms with Gasteiger partial charge in [0.1, 0.15) is 5.69 Å². The van der Waals surface area contributed by atoms with Crippen LogP contribution in [0.4, 0.5) is 5.69 Å². The van der Waals surface area contributed by atoms with Gasteiger partial charge in [-0.25, -0.2) is 0 Å². The lowest BCUT2D eigenvalue weighted by Crippen LogP contribution is -2.44. The predicted octanol–water partition coefficient (Wildman–Crippen LogP) is 0.725. The Bertz CT molecular complexity index is 473. The molecule has 0 unspecified atom stereocenters. The Kier molecular flexibility index (Phi) is 5.00. The Morgan fingerprint density at radius 1 is 1.33 bits per heavy atom. The fourth-order valence-corrected chi connectivity index (χ4v) is 1.13. The van der Waals surface area contributed by atoms with Gasteiger partial charge in [0.2, 0.25) is 0 Å². The number of hydrogen-bond acceptors (Lipinski definition) is 4. The van der Waals surface area contributed by atoms with Crippen molar-refractivity contribution in [1.82, 2.24) is 15.9 Å². The van der Waals surface area contributed by atoms with Crippen LogP contribution in [0.3, 0.4) is 0 Å². The van der Waals surface area contributed by atoms with Crippen molar-refractivity contribution < 1.29 is 4.79 Å². The van der Waals surface area contributed by atoms with E-state index in [2.05, 4.69) is 33.4 Å². The largest absolute Gasteiger partial charge is 0.375 e. The van der Waals surface area contributed by atoms with E-state index in [1.807, 2.05) is 0 Å². The smallest absolute Gasteiger partial charge is 0.271 e. The van der Waals surface area contributed by atoms with Gasteiger partial charge in [0.05, 0.1) is 5.56 Å². The summed E-state index contributed by atoms with van der Waals surface area (Å²) in [6.45, 7) is 0. The molecule has 0 spiro atoms. The third kappa shape index (κ3) is 4.34. The van der Waals surface area contributed by atoms with E-state index in [0.717, 1.165) is 0 Å². The molecule has 0 aromatic heterocycles. The van der Waals surface area contributed by atoms with E-state index in [-0.39, 0.29) is 5.11 Å². The second kappa shape index (κ2) is 6.50. The number of carbonyl (C=O) groups excluding carboxylic acids is 1. The van der Waals surface area contributed by atoms with Crippen molar-refractivity contribution in [2.45, 2.75) is 0 Å². The van der Waals surface area contributed by atoms with Gasteiger partial charge in [-0.15, -0.1) is 5.11 Å². The Morgan fingerprint density at radius 3 is 2.61 bits per heavy atom. The average Bonchev–Trinajstić information content (AvgIpc) is 2.33. The first-order valence-corrected chi connectivity index (χ1v) is 5.45. The first-order valence-electron chi connectivity index (χ1n) is 5.04. The van der Waals surface area contributed by atoms with Crippen molar-refractivity contribution in [3.63, 3.8) is 0 Å². The molecule has 18 heavy (non-hydrogen) atoms. The summed E-state index contributed by atoms with van der Waals surface area (Å²) in [5.74, 6) is -0.392. The number of carbonyl (C=O) groups is 1. The van der Waals surface area contributed by atoms with E-state index in [1.54, 1.807) is 38.4 Å². The highest BCUT2D eigenvalue weighted by Crippen LogP contribution is 2.18. The van der Waals surface area contributed by atoms with Crippen molar-refractivity contribution in [3.8, 4) is 0 Å². The van der Waals surface area contributed by atoms with Crippen LogP contribution in [0.25, 0.3) is 0 Å². The standard InChI is InChI=1S/C10H14N6OS/c1-16(2)15-12-8-6-4-3-5-7(8)9(17)13-14-10(11)18/h3-6H,1-2H3,(H,13,17)(H3,11,14,18). The summed E-state index contributed by atoms with van der Waals surface area (Å²) >= 11 is 4.59. The van der Waals surface area contributed by atoms with Gasteiger partial charge >= 0.3 is 0 Å². The summed E-state index contributed by atoms with van der Waals surface area (Å²) in [7, 11) is 3.47. The molecule has 0 radical (unpaired) electrons. The van der Waals surface area contributed by atoms with Crippen molar-refractivity contribution in [2.75, 3.05) is 14.1 Å². The Hall–Kier alpha value is -2.22. The molecule has 1 amide bonds. The van der Waals surface area contributed by atoms with Gasteiger partial charge in [0.25, 0.3) is 5.91 Å². The van der Waals surface area contributed by atoms with Crippen LogP contribution in [0.15, 0.2) is 34.6 Å². The molecule has 4 N–H and O–H groups in total. The summed E-state index contributed by atoms with van der Waals surface area (Å²) in [6, 6.07) is 6.80. The van der Waals surface area contributed by atoms with Crippen molar-refractivity contribution in [2.24, 2.45) is 16.1 Å². The molecule has 8 heteroatoms. The molecule has 1 aromatic rings. The number of rotatable bonds is 3. The number of nitrogens with one attached hydrogen (secondary N) is 2. The maximum atomic E-state index is 11.8. The molecule has 0 heterocycles. The van der Waals surface area contributed by atoms with Crippen molar-refractivity contribution >= 4 is 28.9 Å². The molecule has 0 aliphatic heterocycles. The molecule has 0 aliphatic rings. The van der Waals surface area contributed by atoms with E-state index >= 15 is 0 Å².